The second kappa shape index (κ2) is 13.4. The molecule has 1 heterocycles. The SMILES string of the molecule is COc1ccc(CCN/C(=C/[N+](=O)[O-])N2Cc3cc(OC)c(OC)cc3CC2Cc2cccc3ccccc23)cc1OC. The summed E-state index contributed by atoms with van der Waals surface area (Å²) in [5, 5.41) is 17.6. The van der Waals surface area contributed by atoms with Gasteiger partial charge in [-0.2, -0.15) is 0 Å². The minimum Gasteiger partial charge on any atom is -0.493 e. The van der Waals surface area contributed by atoms with E-state index in [2.05, 4.69) is 40.5 Å². The molecule has 1 N–H and O–H groups in total. The van der Waals surface area contributed by atoms with Gasteiger partial charge in [0.05, 0.1) is 33.4 Å². The Kier molecular flexibility index (Phi) is 9.20. The summed E-state index contributed by atoms with van der Waals surface area (Å²) in [4.78, 5) is 13.6. The molecular weight excluding hydrogens is 546 g/mol. The molecule has 43 heavy (non-hydrogen) atoms. The highest BCUT2D eigenvalue weighted by molar-refractivity contribution is 5.85. The number of rotatable bonds is 12. The summed E-state index contributed by atoms with van der Waals surface area (Å²) in [5.74, 6) is 3.08. The van der Waals surface area contributed by atoms with Gasteiger partial charge in [-0.3, -0.25) is 10.1 Å². The molecule has 4 aromatic rings. The second-order valence-electron chi connectivity index (χ2n) is 10.5. The van der Waals surface area contributed by atoms with Crippen LogP contribution in [0.4, 0.5) is 0 Å². The third-order valence-electron chi connectivity index (χ3n) is 7.98. The average Bonchev–Trinajstić information content (AvgIpc) is 3.03. The van der Waals surface area contributed by atoms with Crippen LogP contribution in [0.1, 0.15) is 22.3 Å². The van der Waals surface area contributed by atoms with Crippen LogP contribution in [0.5, 0.6) is 23.0 Å². The van der Waals surface area contributed by atoms with Crippen molar-refractivity contribution in [3.05, 3.63) is 117 Å². The third kappa shape index (κ3) is 6.61. The maximum Gasteiger partial charge on any atom is 0.274 e. The van der Waals surface area contributed by atoms with Crippen LogP contribution in [-0.2, 0) is 25.8 Å². The fraction of sp³-hybridized carbons (Fsp3) is 0.294. The van der Waals surface area contributed by atoms with Gasteiger partial charge >= 0.3 is 0 Å². The molecule has 0 fully saturated rings. The number of hydrogen-bond acceptors (Lipinski definition) is 8. The van der Waals surface area contributed by atoms with Crippen molar-refractivity contribution in [2.75, 3.05) is 35.0 Å². The molecule has 0 aliphatic carbocycles. The van der Waals surface area contributed by atoms with E-state index < -0.39 is 4.92 Å². The lowest BCUT2D eigenvalue weighted by Gasteiger charge is -2.39. The van der Waals surface area contributed by atoms with Gasteiger partial charge in [-0.25, -0.2) is 0 Å². The Labute approximate surface area is 251 Å². The monoisotopic (exact) mass is 583 g/mol. The van der Waals surface area contributed by atoms with Gasteiger partial charge in [0.25, 0.3) is 6.20 Å². The van der Waals surface area contributed by atoms with E-state index in [0.29, 0.717) is 61.2 Å². The lowest BCUT2D eigenvalue weighted by Crippen LogP contribution is -2.45. The molecule has 1 atom stereocenters. The second-order valence-corrected chi connectivity index (χ2v) is 10.5. The van der Waals surface area contributed by atoms with E-state index in [1.54, 1.807) is 28.4 Å². The number of ether oxygens (including phenoxy) is 4. The lowest BCUT2D eigenvalue weighted by molar-refractivity contribution is -0.405. The van der Waals surface area contributed by atoms with Crippen molar-refractivity contribution in [1.29, 1.82) is 0 Å². The van der Waals surface area contributed by atoms with Gasteiger partial charge in [0, 0.05) is 19.1 Å². The molecule has 1 aliphatic rings. The van der Waals surface area contributed by atoms with Crippen LogP contribution in [0.2, 0.25) is 0 Å². The first-order valence-electron chi connectivity index (χ1n) is 14.2. The Balaban J connectivity index is 1.47. The van der Waals surface area contributed by atoms with Crippen molar-refractivity contribution >= 4 is 10.8 Å². The zero-order valence-electron chi connectivity index (χ0n) is 25.0. The standard InChI is InChI=1S/C34H37N3O6/c1-40-30-13-12-23(16-31(30)41-2)14-15-35-34(22-37(38)39)36-21-27-20-33(43-4)32(42-3)19-26(27)18-28(36)17-25-10-7-9-24-8-5-6-11-29(24)25/h5-13,16,19-20,22,28,35H,14-15,17-18,21H2,1-4H3/b34-22-. The van der Waals surface area contributed by atoms with E-state index in [1.165, 1.54) is 16.3 Å². The summed E-state index contributed by atoms with van der Waals surface area (Å²) in [6, 6.07) is 24.4. The lowest BCUT2D eigenvalue weighted by atomic mass is 9.88. The van der Waals surface area contributed by atoms with Crippen molar-refractivity contribution in [3.63, 3.8) is 0 Å². The summed E-state index contributed by atoms with van der Waals surface area (Å²) in [7, 11) is 6.45. The van der Waals surface area contributed by atoms with Crippen LogP contribution in [-0.4, -0.2) is 50.8 Å². The summed E-state index contributed by atoms with van der Waals surface area (Å²) in [5.41, 5.74) is 4.41. The maximum absolute atomic E-state index is 11.9. The number of nitrogens with one attached hydrogen (secondary N) is 1. The number of nitro groups is 1. The summed E-state index contributed by atoms with van der Waals surface area (Å²) >= 11 is 0. The molecule has 0 saturated carbocycles. The number of methoxy groups -OCH3 is 4. The zero-order valence-corrected chi connectivity index (χ0v) is 25.0. The molecule has 4 aromatic carbocycles. The van der Waals surface area contributed by atoms with Crippen molar-refractivity contribution in [2.24, 2.45) is 0 Å². The van der Waals surface area contributed by atoms with Crippen molar-refractivity contribution < 1.29 is 23.9 Å². The normalized spacial score (nSPS) is 14.7. The summed E-state index contributed by atoms with van der Waals surface area (Å²) in [6.07, 6.45) is 3.11. The summed E-state index contributed by atoms with van der Waals surface area (Å²) in [6.45, 7) is 0.972. The first-order chi connectivity index (χ1) is 20.9. The van der Waals surface area contributed by atoms with E-state index in [9.17, 15) is 10.1 Å². The first kappa shape index (κ1) is 29.6. The quantitative estimate of drug-likeness (QED) is 0.166. The zero-order chi connectivity index (χ0) is 30.3. The molecule has 5 rings (SSSR count). The largest absolute Gasteiger partial charge is 0.493 e. The van der Waals surface area contributed by atoms with E-state index in [1.807, 2.05) is 42.5 Å². The van der Waals surface area contributed by atoms with Gasteiger partial charge in [-0.05, 0) is 76.6 Å². The molecule has 0 spiro atoms. The van der Waals surface area contributed by atoms with Gasteiger partial charge in [0.1, 0.15) is 0 Å². The Morgan fingerprint density at radius 3 is 2.28 bits per heavy atom. The maximum atomic E-state index is 11.9. The predicted molar refractivity (Wildman–Crippen MR) is 167 cm³/mol. The van der Waals surface area contributed by atoms with Crippen LogP contribution in [0.15, 0.2) is 84.8 Å². The molecule has 224 valence electrons. The van der Waals surface area contributed by atoms with Gasteiger partial charge in [-0.1, -0.05) is 48.5 Å². The molecule has 0 aromatic heterocycles. The molecule has 0 radical (unpaired) electrons. The van der Waals surface area contributed by atoms with Crippen LogP contribution >= 0.6 is 0 Å². The van der Waals surface area contributed by atoms with Crippen LogP contribution in [0, 0.1) is 10.1 Å². The topological polar surface area (TPSA) is 95.3 Å². The van der Waals surface area contributed by atoms with Crippen molar-refractivity contribution in [2.45, 2.75) is 31.8 Å². The Morgan fingerprint density at radius 1 is 0.884 bits per heavy atom. The van der Waals surface area contributed by atoms with Crippen molar-refractivity contribution in [1.82, 2.24) is 10.2 Å². The molecule has 0 bridgehead atoms. The number of fused-ring (bicyclic) bond motifs is 2. The van der Waals surface area contributed by atoms with Crippen LogP contribution < -0.4 is 24.3 Å². The highest BCUT2D eigenvalue weighted by atomic mass is 16.6. The smallest absolute Gasteiger partial charge is 0.274 e. The number of hydrogen-bond donors (Lipinski definition) is 1. The molecule has 0 amide bonds. The first-order valence-corrected chi connectivity index (χ1v) is 14.2. The molecule has 1 unspecified atom stereocenters. The Morgan fingerprint density at radius 2 is 1.56 bits per heavy atom. The Hall–Kier alpha value is -4.92. The Bertz CT molecular complexity index is 1630. The minimum atomic E-state index is -0.391. The van der Waals surface area contributed by atoms with Gasteiger partial charge in [-0.15, -0.1) is 0 Å². The molecule has 0 saturated heterocycles. The molecule has 1 aliphatic heterocycles. The van der Waals surface area contributed by atoms with E-state index >= 15 is 0 Å². The van der Waals surface area contributed by atoms with Crippen LogP contribution in [0.25, 0.3) is 10.8 Å². The minimum absolute atomic E-state index is 0.0452. The van der Waals surface area contributed by atoms with Gasteiger partial charge in [0.15, 0.2) is 28.8 Å². The van der Waals surface area contributed by atoms with Gasteiger partial charge in [0.2, 0.25) is 0 Å². The average molecular weight is 584 g/mol. The fourth-order valence-electron chi connectivity index (χ4n) is 5.86. The molecule has 9 nitrogen and oxygen atoms in total. The highest BCUT2D eigenvalue weighted by Crippen LogP contribution is 2.37. The van der Waals surface area contributed by atoms with E-state index in [4.69, 9.17) is 18.9 Å². The number of benzene rings is 4. The van der Waals surface area contributed by atoms with E-state index in [0.717, 1.165) is 22.9 Å². The molecular formula is C34H37N3O6. The third-order valence-corrected chi connectivity index (χ3v) is 7.98. The molecule has 9 heteroatoms. The van der Waals surface area contributed by atoms with Crippen LogP contribution in [0.3, 0.4) is 0 Å². The summed E-state index contributed by atoms with van der Waals surface area (Å²) < 4.78 is 22.0. The fourth-order valence-corrected chi connectivity index (χ4v) is 5.86. The predicted octanol–water partition coefficient (Wildman–Crippen LogP) is 5.75. The highest BCUT2D eigenvalue weighted by Gasteiger charge is 2.31. The van der Waals surface area contributed by atoms with Gasteiger partial charge < -0.3 is 29.2 Å². The van der Waals surface area contributed by atoms with E-state index in [-0.39, 0.29) is 6.04 Å². The number of nitrogens with zero attached hydrogens (tertiary/aromatic N) is 2. The van der Waals surface area contributed by atoms with Crippen molar-refractivity contribution in [3.8, 4) is 23.0 Å².